The molecule has 0 amide bonds. The zero-order valence-corrected chi connectivity index (χ0v) is 10.3. The topological polar surface area (TPSA) is 12.0 Å². The third kappa shape index (κ3) is 1.60. The van der Waals surface area contributed by atoms with E-state index in [0.717, 1.165) is 29.7 Å². The van der Waals surface area contributed by atoms with Crippen molar-refractivity contribution in [1.29, 1.82) is 0 Å². The lowest BCUT2D eigenvalue weighted by molar-refractivity contribution is 0.119. The van der Waals surface area contributed by atoms with Crippen LogP contribution >= 0.6 is 0 Å². The molecule has 2 aliphatic rings. The summed E-state index contributed by atoms with van der Waals surface area (Å²) in [5, 5.41) is 3.83. The van der Waals surface area contributed by atoms with Gasteiger partial charge in [-0.2, -0.15) is 0 Å². The van der Waals surface area contributed by atoms with Gasteiger partial charge >= 0.3 is 0 Å². The molecule has 0 radical (unpaired) electrons. The third-order valence-electron chi connectivity index (χ3n) is 4.81. The molecular weight excluding hydrogens is 170 g/mol. The Morgan fingerprint density at radius 3 is 2.36 bits per heavy atom. The molecule has 1 nitrogen and oxygen atoms in total. The first kappa shape index (κ1) is 10.5. The van der Waals surface area contributed by atoms with Gasteiger partial charge in [-0.05, 0) is 50.4 Å². The van der Waals surface area contributed by atoms with E-state index in [2.05, 4.69) is 39.9 Å². The van der Waals surface area contributed by atoms with E-state index in [1.807, 2.05) is 0 Å². The fourth-order valence-electron chi connectivity index (χ4n) is 3.74. The Balaban J connectivity index is 2.15. The summed E-state index contributed by atoms with van der Waals surface area (Å²) in [4.78, 5) is 0. The van der Waals surface area contributed by atoms with Crippen LogP contribution < -0.4 is 5.32 Å². The molecule has 0 bridgehead atoms. The maximum absolute atomic E-state index is 3.83. The maximum atomic E-state index is 3.83. The van der Waals surface area contributed by atoms with Gasteiger partial charge in [-0.15, -0.1) is 0 Å². The largest absolute Gasteiger partial charge is 0.308 e. The lowest BCUT2D eigenvalue weighted by atomic mass is 9.67. The van der Waals surface area contributed by atoms with E-state index >= 15 is 0 Å². The Labute approximate surface area is 88.7 Å². The summed E-state index contributed by atoms with van der Waals surface area (Å²) < 4.78 is 0. The highest BCUT2D eigenvalue weighted by molar-refractivity contribution is 5.02. The van der Waals surface area contributed by atoms with Crippen molar-refractivity contribution in [3.8, 4) is 0 Å². The average Bonchev–Trinajstić information content (AvgIpc) is 2.37. The standard InChI is InChI=1S/C13H25N/c1-8-6-11-7-13(4,5)14-12(11)10(3)9(8)2/h8-12,14H,6-7H2,1-5H3. The van der Waals surface area contributed by atoms with Crippen LogP contribution in [0.25, 0.3) is 0 Å². The van der Waals surface area contributed by atoms with Crippen LogP contribution in [0.4, 0.5) is 0 Å². The van der Waals surface area contributed by atoms with Gasteiger partial charge in [0, 0.05) is 11.6 Å². The summed E-state index contributed by atoms with van der Waals surface area (Å²) >= 11 is 0. The number of nitrogens with one attached hydrogen (secondary N) is 1. The number of fused-ring (bicyclic) bond motifs is 1. The molecule has 0 aromatic carbocycles. The first-order chi connectivity index (χ1) is 6.41. The van der Waals surface area contributed by atoms with Crippen LogP contribution in [0.15, 0.2) is 0 Å². The van der Waals surface area contributed by atoms with Crippen LogP contribution in [0, 0.1) is 23.7 Å². The zero-order valence-electron chi connectivity index (χ0n) is 10.3. The molecule has 14 heavy (non-hydrogen) atoms. The van der Waals surface area contributed by atoms with Crippen LogP contribution in [0.3, 0.4) is 0 Å². The van der Waals surface area contributed by atoms with Crippen molar-refractivity contribution in [3.63, 3.8) is 0 Å². The van der Waals surface area contributed by atoms with Crippen LogP contribution in [-0.4, -0.2) is 11.6 Å². The molecule has 1 heteroatoms. The van der Waals surface area contributed by atoms with Gasteiger partial charge in [0.1, 0.15) is 0 Å². The molecular formula is C13H25N. The van der Waals surface area contributed by atoms with Crippen LogP contribution in [-0.2, 0) is 0 Å². The molecule has 0 aromatic heterocycles. The second-order valence-corrected chi connectivity index (χ2v) is 6.45. The van der Waals surface area contributed by atoms with Gasteiger partial charge in [-0.1, -0.05) is 20.8 Å². The first-order valence-corrected chi connectivity index (χ1v) is 6.18. The summed E-state index contributed by atoms with van der Waals surface area (Å²) in [5.41, 5.74) is 0.382. The summed E-state index contributed by atoms with van der Waals surface area (Å²) in [5.74, 6) is 3.59. The van der Waals surface area contributed by atoms with E-state index in [1.54, 1.807) is 0 Å². The van der Waals surface area contributed by atoms with Gasteiger partial charge in [0.15, 0.2) is 0 Å². The van der Waals surface area contributed by atoms with Crippen molar-refractivity contribution in [2.75, 3.05) is 0 Å². The molecule has 1 aliphatic carbocycles. The summed E-state index contributed by atoms with van der Waals surface area (Å²) in [7, 11) is 0. The smallest absolute Gasteiger partial charge is 0.0131 e. The lowest BCUT2D eigenvalue weighted by Crippen LogP contribution is -2.46. The molecule has 2 rings (SSSR count). The van der Waals surface area contributed by atoms with Crippen LogP contribution in [0.2, 0.25) is 0 Å². The number of rotatable bonds is 0. The molecule has 1 heterocycles. The Bertz CT molecular complexity index is 221. The SMILES string of the molecule is CC1CC2CC(C)(C)NC2C(C)C1C. The Hall–Kier alpha value is -0.0400. The Morgan fingerprint density at radius 2 is 1.71 bits per heavy atom. The van der Waals surface area contributed by atoms with Crippen molar-refractivity contribution in [1.82, 2.24) is 5.32 Å². The van der Waals surface area contributed by atoms with Crippen LogP contribution in [0.1, 0.15) is 47.5 Å². The van der Waals surface area contributed by atoms with Crippen molar-refractivity contribution >= 4 is 0 Å². The molecule has 5 atom stereocenters. The van der Waals surface area contributed by atoms with E-state index in [1.165, 1.54) is 12.8 Å². The molecule has 5 unspecified atom stereocenters. The van der Waals surface area contributed by atoms with Crippen LogP contribution in [0.5, 0.6) is 0 Å². The van der Waals surface area contributed by atoms with E-state index in [-0.39, 0.29) is 0 Å². The highest BCUT2D eigenvalue weighted by Crippen LogP contribution is 2.45. The van der Waals surface area contributed by atoms with Gasteiger partial charge < -0.3 is 5.32 Å². The molecule has 2 fully saturated rings. The number of hydrogen-bond acceptors (Lipinski definition) is 1. The summed E-state index contributed by atoms with van der Waals surface area (Å²) in [6, 6.07) is 0.788. The minimum absolute atomic E-state index is 0.382. The predicted molar refractivity (Wildman–Crippen MR) is 61.2 cm³/mol. The summed E-state index contributed by atoms with van der Waals surface area (Å²) in [6.45, 7) is 12.0. The minimum atomic E-state index is 0.382. The molecule has 1 saturated heterocycles. The van der Waals surface area contributed by atoms with E-state index in [4.69, 9.17) is 0 Å². The molecule has 1 aliphatic heterocycles. The third-order valence-corrected chi connectivity index (χ3v) is 4.81. The van der Waals surface area contributed by atoms with Crippen molar-refractivity contribution in [2.45, 2.75) is 59.0 Å². The lowest BCUT2D eigenvalue weighted by Gasteiger charge is -2.40. The van der Waals surface area contributed by atoms with Gasteiger partial charge in [-0.3, -0.25) is 0 Å². The molecule has 0 aromatic rings. The van der Waals surface area contributed by atoms with Gasteiger partial charge in [0.05, 0.1) is 0 Å². The quantitative estimate of drug-likeness (QED) is 0.626. The van der Waals surface area contributed by atoms with Gasteiger partial charge in [0.2, 0.25) is 0 Å². The highest BCUT2D eigenvalue weighted by atomic mass is 15.1. The minimum Gasteiger partial charge on any atom is -0.308 e. The average molecular weight is 195 g/mol. The molecule has 1 saturated carbocycles. The number of hydrogen-bond donors (Lipinski definition) is 1. The van der Waals surface area contributed by atoms with E-state index < -0.39 is 0 Å². The second kappa shape index (κ2) is 3.23. The zero-order chi connectivity index (χ0) is 10.5. The van der Waals surface area contributed by atoms with Gasteiger partial charge in [0.25, 0.3) is 0 Å². The normalized spacial score (nSPS) is 51.6. The van der Waals surface area contributed by atoms with Crippen molar-refractivity contribution in [2.24, 2.45) is 23.7 Å². The molecule has 82 valence electrons. The van der Waals surface area contributed by atoms with Crippen molar-refractivity contribution in [3.05, 3.63) is 0 Å². The monoisotopic (exact) mass is 195 g/mol. The Morgan fingerprint density at radius 1 is 1.07 bits per heavy atom. The highest BCUT2D eigenvalue weighted by Gasteiger charge is 2.46. The Kier molecular flexibility index (Phi) is 2.42. The molecule has 1 N–H and O–H groups in total. The summed E-state index contributed by atoms with van der Waals surface area (Å²) in [6.07, 6.45) is 2.81. The van der Waals surface area contributed by atoms with E-state index in [9.17, 15) is 0 Å². The fourth-order valence-corrected chi connectivity index (χ4v) is 3.74. The first-order valence-electron chi connectivity index (χ1n) is 6.18. The fraction of sp³-hybridized carbons (Fsp3) is 1.00. The van der Waals surface area contributed by atoms with Crippen molar-refractivity contribution < 1.29 is 0 Å². The maximum Gasteiger partial charge on any atom is 0.0131 e. The van der Waals surface area contributed by atoms with E-state index in [0.29, 0.717) is 5.54 Å². The second-order valence-electron chi connectivity index (χ2n) is 6.45. The molecule has 0 spiro atoms. The predicted octanol–water partition coefficient (Wildman–Crippen LogP) is 3.06. The van der Waals surface area contributed by atoms with Gasteiger partial charge in [-0.25, -0.2) is 0 Å².